The summed E-state index contributed by atoms with van der Waals surface area (Å²) >= 11 is 0. The highest BCUT2D eigenvalue weighted by atomic mass is 15.2. The van der Waals surface area contributed by atoms with Crippen LogP contribution in [-0.2, 0) is 0 Å². The van der Waals surface area contributed by atoms with Crippen LogP contribution in [0.3, 0.4) is 0 Å². The Morgan fingerprint density at radius 2 is 1.88 bits per heavy atom. The fourth-order valence-corrected chi connectivity index (χ4v) is 3.31. The molecule has 2 nitrogen and oxygen atoms in total. The Hall–Kier alpha value is -0.0800. The van der Waals surface area contributed by atoms with E-state index in [-0.39, 0.29) is 0 Å². The van der Waals surface area contributed by atoms with Crippen molar-refractivity contribution in [2.75, 3.05) is 14.1 Å². The highest BCUT2D eigenvalue weighted by Gasteiger charge is 2.32. The summed E-state index contributed by atoms with van der Waals surface area (Å²) in [6.45, 7) is 9.43. The lowest BCUT2D eigenvalue weighted by molar-refractivity contribution is 0.0879. The van der Waals surface area contributed by atoms with Gasteiger partial charge in [-0.3, -0.25) is 4.90 Å². The summed E-state index contributed by atoms with van der Waals surface area (Å²) in [5.41, 5.74) is 0. The van der Waals surface area contributed by atoms with E-state index in [9.17, 15) is 0 Å². The van der Waals surface area contributed by atoms with Crippen LogP contribution in [0.4, 0.5) is 0 Å². The molecule has 2 heteroatoms. The molecule has 0 aromatic carbocycles. The van der Waals surface area contributed by atoms with Gasteiger partial charge in [0.1, 0.15) is 0 Å². The van der Waals surface area contributed by atoms with Crippen molar-refractivity contribution in [3.8, 4) is 0 Å². The van der Waals surface area contributed by atoms with Gasteiger partial charge >= 0.3 is 0 Å². The Balaban J connectivity index is 2.60. The molecule has 1 saturated carbocycles. The van der Waals surface area contributed by atoms with E-state index in [2.05, 4.69) is 52.0 Å². The van der Waals surface area contributed by atoms with Crippen molar-refractivity contribution in [3.05, 3.63) is 0 Å². The Kier molecular flexibility index (Phi) is 5.94. The molecule has 4 unspecified atom stereocenters. The molecule has 1 rings (SSSR count). The molecule has 0 saturated heterocycles. The van der Waals surface area contributed by atoms with Gasteiger partial charge in [0.15, 0.2) is 0 Å². The Labute approximate surface area is 108 Å². The van der Waals surface area contributed by atoms with E-state index in [1.165, 1.54) is 25.7 Å². The maximum atomic E-state index is 3.52. The van der Waals surface area contributed by atoms with Crippen LogP contribution in [0.5, 0.6) is 0 Å². The van der Waals surface area contributed by atoms with Crippen molar-refractivity contribution in [1.29, 1.82) is 0 Å². The second-order valence-corrected chi connectivity index (χ2v) is 6.52. The molecule has 0 aromatic rings. The van der Waals surface area contributed by atoms with Gasteiger partial charge in [0.25, 0.3) is 0 Å². The van der Waals surface area contributed by atoms with Crippen LogP contribution in [-0.4, -0.2) is 37.1 Å². The predicted molar refractivity (Wildman–Crippen MR) is 76.3 cm³/mol. The van der Waals surface area contributed by atoms with Gasteiger partial charge in [-0.05, 0) is 58.5 Å². The summed E-state index contributed by atoms with van der Waals surface area (Å²) in [7, 11) is 4.44. The zero-order valence-corrected chi connectivity index (χ0v) is 12.7. The molecule has 1 aliphatic carbocycles. The molecule has 0 bridgehead atoms. The Morgan fingerprint density at radius 1 is 1.24 bits per heavy atom. The molecular formula is C15H32N2. The van der Waals surface area contributed by atoms with Gasteiger partial charge in [-0.1, -0.05) is 20.8 Å². The Bertz CT molecular complexity index is 215. The van der Waals surface area contributed by atoms with Crippen LogP contribution in [0.2, 0.25) is 0 Å². The van der Waals surface area contributed by atoms with Crippen LogP contribution < -0.4 is 5.32 Å². The van der Waals surface area contributed by atoms with Crippen molar-refractivity contribution < 1.29 is 0 Å². The minimum absolute atomic E-state index is 0.686. The first-order valence-corrected chi connectivity index (χ1v) is 7.34. The third kappa shape index (κ3) is 4.26. The van der Waals surface area contributed by atoms with Crippen LogP contribution >= 0.6 is 0 Å². The zero-order valence-electron chi connectivity index (χ0n) is 12.7. The molecule has 0 aliphatic heterocycles. The molecule has 0 amide bonds. The average molecular weight is 240 g/mol. The van der Waals surface area contributed by atoms with E-state index in [0.717, 1.165) is 17.9 Å². The first-order chi connectivity index (χ1) is 7.95. The van der Waals surface area contributed by atoms with Gasteiger partial charge in [-0.25, -0.2) is 0 Å². The third-order valence-electron chi connectivity index (χ3n) is 4.48. The highest BCUT2D eigenvalue weighted by molar-refractivity contribution is 4.90. The fourth-order valence-electron chi connectivity index (χ4n) is 3.31. The molecule has 0 aromatic heterocycles. The number of hydrogen-bond acceptors (Lipinski definition) is 2. The molecule has 1 aliphatic rings. The van der Waals surface area contributed by atoms with Crippen LogP contribution in [0, 0.1) is 11.8 Å². The summed E-state index contributed by atoms with van der Waals surface area (Å²) < 4.78 is 0. The monoisotopic (exact) mass is 240 g/mol. The standard InChI is InChI=1S/C15H32N2/c1-11(2)9-13(4)17(6)15-10-12(3)7-8-14(15)16-5/h11-16H,7-10H2,1-6H3. The first-order valence-electron chi connectivity index (χ1n) is 7.34. The minimum Gasteiger partial charge on any atom is -0.315 e. The summed E-state index contributed by atoms with van der Waals surface area (Å²) in [5.74, 6) is 1.68. The van der Waals surface area contributed by atoms with Gasteiger partial charge in [0.2, 0.25) is 0 Å². The molecule has 4 atom stereocenters. The van der Waals surface area contributed by atoms with E-state index in [1.807, 2.05) is 0 Å². The second-order valence-electron chi connectivity index (χ2n) is 6.52. The number of hydrogen-bond donors (Lipinski definition) is 1. The van der Waals surface area contributed by atoms with E-state index < -0.39 is 0 Å². The van der Waals surface area contributed by atoms with Gasteiger partial charge in [0, 0.05) is 18.1 Å². The lowest BCUT2D eigenvalue weighted by atomic mass is 9.82. The largest absolute Gasteiger partial charge is 0.315 e. The maximum Gasteiger partial charge on any atom is 0.0251 e. The van der Waals surface area contributed by atoms with Gasteiger partial charge in [0.05, 0.1) is 0 Å². The third-order valence-corrected chi connectivity index (χ3v) is 4.48. The highest BCUT2D eigenvalue weighted by Crippen LogP contribution is 2.29. The van der Waals surface area contributed by atoms with Crippen molar-refractivity contribution >= 4 is 0 Å². The molecule has 0 radical (unpaired) electrons. The SMILES string of the molecule is CNC1CCC(C)CC1N(C)C(C)CC(C)C. The summed E-state index contributed by atoms with van der Waals surface area (Å²) in [6, 6.07) is 2.10. The van der Waals surface area contributed by atoms with E-state index in [4.69, 9.17) is 0 Å². The van der Waals surface area contributed by atoms with Crippen LogP contribution in [0.25, 0.3) is 0 Å². The lowest BCUT2D eigenvalue weighted by Crippen LogP contribution is -2.53. The van der Waals surface area contributed by atoms with Crippen molar-refractivity contribution in [3.63, 3.8) is 0 Å². The number of rotatable bonds is 5. The Morgan fingerprint density at radius 3 is 2.41 bits per heavy atom. The minimum atomic E-state index is 0.686. The molecule has 17 heavy (non-hydrogen) atoms. The number of likely N-dealkylation sites (N-methyl/N-ethyl adjacent to an activating group) is 2. The molecule has 0 spiro atoms. The molecule has 1 N–H and O–H groups in total. The van der Waals surface area contributed by atoms with Crippen molar-refractivity contribution in [2.45, 2.75) is 71.5 Å². The normalized spacial score (nSPS) is 32.1. The van der Waals surface area contributed by atoms with E-state index in [0.29, 0.717) is 12.1 Å². The average Bonchev–Trinajstić information content (AvgIpc) is 2.27. The smallest absolute Gasteiger partial charge is 0.0251 e. The predicted octanol–water partition coefficient (Wildman–Crippen LogP) is 3.13. The van der Waals surface area contributed by atoms with E-state index >= 15 is 0 Å². The molecular weight excluding hydrogens is 208 g/mol. The maximum absolute atomic E-state index is 3.52. The van der Waals surface area contributed by atoms with Crippen LogP contribution in [0.1, 0.15) is 53.4 Å². The van der Waals surface area contributed by atoms with Gasteiger partial charge in [-0.15, -0.1) is 0 Å². The van der Waals surface area contributed by atoms with Crippen molar-refractivity contribution in [2.24, 2.45) is 11.8 Å². The first kappa shape index (κ1) is 15.0. The quantitative estimate of drug-likeness (QED) is 0.794. The summed E-state index contributed by atoms with van der Waals surface area (Å²) in [5, 5.41) is 3.52. The fraction of sp³-hybridized carbons (Fsp3) is 1.00. The van der Waals surface area contributed by atoms with E-state index in [1.54, 1.807) is 0 Å². The topological polar surface area (TPSA) is 15.3 Å². The van der Waals surface area contributed by atoms with Crippen LogP contribution in [0.15, 0.2) is 0 Å². The molecule has 0 heterocycles. The number of nitrogens with one attached hydrogen (secondary N) is 1. The zero-order chi connectivity index (χ0) is 13.0. The summed E-state index contributed by atoms with van der Waals surface area (Å²) in [4.78, 5) is 2.62. The summed E-state index contributed by atoms with van der Waals surface area (Å²) in [6.07, 6.45) is 5.37. The number of nitrogens with zero attached hydrogens (tertiary/aromatic N) is 1. The van der Waals surface area contributed by atoms with Crippen molar-refractivity contribution in [1.82, 2.24) is 10.2 Å². The van der Waals surface area contributed by atoms with Gasteiger partial charge < -0.3 is 5.32 Å². The molecule has 102 valence electrons. The molecule has 1 fully saturated rings. The second kappa shape index (κ2) is 6.75. The van der Waals surface area contributed by atoms with Gasteiger partial charge in [-0.2, -0.15) is 0 Å². The lowest BCUT2D eigenvalue weighted by Gasteiger charge is -2.43.